The van der Waals surface area contributed by atoms with Gasteiger partial charge in [-0.3, -0.25) is 9.59 Å². The van der Waals surface area contributed by atoms with Crippen molar-refractivity contribution in [3.63, 3.8) is 0 Å². The van der Waals surface area contributed by atoms with Gasteiger partial charge in [-0.2, -0.15) is 0 Å². The van der Waals surface area contributed by atoms with Gasteiger partial charge in [0.25, 0.3) is 0 Å². The summed E-state index contributed by atoms with van der Waals surface area (Å²) >= 11 is 0. The zero-order valence-electron chi connectivity index (χ0n) is 13.9. The molecule has 0 aromatic carbocycles. The third-order valence-corrected chi connectivity index (χ3v) is 3.90. The van der Waals surface area contributed by atoms with Crippen LogP contribution in [0.3, 0.4) is 0 Å². The molecule has 0 aromatic heterocycles. The van der Waals surface area contributed by atoms with E-state index < -0.39 is 11.6 Å². The van der Waals surface area contributed by atoms with Crippen molar-refractivity contribution in [2.75, 3.05) is 20.3 Å². The van der Waals surface area contributed by atoms with Gasteiger partial charge in [0, 0.05) is 18.2 Å². The molecule has 0 spiro atoms. The van der Waals surface area contributed by atoms with E-state index in [-0.39, 0.29) is 24.9 Å². The van der Waals surface area contributed by atoms with Gasteiger partial charge in [-0.15, -0.1) is 0 Å². The molecule has 6 nitrogen and oxygen atoms in total. The number of rotatable bonds is 7. The number of hydrogen-bond donors (Lipinski definition) is 2. The van der Waals surface area contributed by atoms with Gasteiger partial charge < -0.3 is 19.9 Å². The number of ketones is 1. The SMILES string of the molecule is CC[C@@H](C)C(=O)O[C@@]1(C)C(=O)C(C)=C(OC)C=C1NCCO. The van der Waals surface area contributed by atoms with Gasteiger partial charge >= 0.3 is 5.97 Å². The second-order valence-electron chi connectivity index (χ2n) is 5.49. The Bertz CT molecular complexity index is 509. The molecule has 0 unspecified atom stereocenters. The monoisotopic (exact) mass is 311 g/mol. The molecule has 0 radical (unpaired) electrons. The number of carbonyl (C=O) groups is 2. The lowest BCUT2D eigenvalue weighted by Crippen LogP contribution is -2.50. The van der Waals surface area contributed by atoms with Crippen molar-refractivity contribution in [2.45, 2.75) is 39.7 Å². The van der Waals surface area contributed by atoms with Crippen LogP contribution in [0.15, 0.2) is 23.1 Å². The maximum atomic E-state index is 12.7. The van der Waals surface area contributed by atoms with Crippen LogP contribution in [0, 0.1) is 5.92 Å². The van der Waals surface area contributed by atoms with E-state index in [1.807, 2.05) is 6.92 Å². The molecule has 2 atom stereocenters. The van der Waals surface area contributed by atoms with Gasteiger partial charge in [-0.25, -0.2) is 0 Å². The van der Waals surface area contributed by atoms with Crippen LogP contribution in [0.25, 0.3) is 0 Å². The normalized spacial score (nSPS) is 23.0. The Labute approximate surface area is 131 Å². The number of aliphatic hydroxyl groups excluding tert-OH is 1. The van der Waals surface area contributed by atoms with E-state index >= 15 is 0 Å². The zero-order valence-corrected chi connectivity index (χ0v) is 13.9. The molecule has 0 saturated carbocycles. The first-order valence-electron chi connectivity index (χ1n) is 7.41. The lowest BCUT2D eigenvalue weighted by Gasteiger charge is -2.35. The van der Waals surface area contributed by atoms with E-state index in [0.717, 1.165) is 0 Å². The molecule has 1 aliphatic rings. The summed E-state index contributed by atoms with van der Waals surface area (Å²) in [6, 6.07) is 0. The summed E-state index contributed by atoms with van der Waals surface area (Å²) in [5.41, 5.74) is -0.621. The van der Waals surface area contributed by atoms with Gasteiger partial charge in [0.05, 0.1) is 25.3 Å². The summed E-state index contributed by atoms with van der Waals surface area (Å²) in [5, 5.41) is 11.9. The molecule has 22 heavy (non-hydrogen) atoms. The van der Waals surface area contributed by atoms with E-state index in [4.69, 9.17) is 14.6 Å². The number of Topliss-reactive ketones (excluding diaryl/α,β-unsaturated/α-hetero) is 1. The standard InChI is InChI=1S/C16H25NO5/c1-6-10(2)15(20)22-16(4)13(17-7-8-18)9-12(21-5)11(3)14(16)19/h9-10,17-18H,6-8H2,1-5H3/t10-,16-/m1/s1. The predicted octanol–water partition coefficient (Wildman–Crippen LogP) is 1.30. The van der Waals surface area contributed by atoms with Crippen LogP contribution in [0.4, 0.5) is 0 Å². The first-order valence-corrected chi connectivity index (χ1v) is 7.41. The van der Waals surface area contributed by atoms with Crippen LogP contribution in [-0.2, 0) is 19.1 Å². The highest BCUT2D eigenvalue weighted by Gasteiger charge is 2.46. The van der Waals surface area contributed by atoms with Crippen molar-refractivity contribution in [3.05, 3.63) is 23.1 Å². The van der Waals surface area contributed by atoms with Gasteiger partial charge in [0.15, 0.2) is 0 Å². The van der Waals surface area contributed by atoms with E-state index in [2.05, 4.69) is 5.32 Å². The van der Waals surface area contributed by atoms with E-state index in [9.17, 15) is 9.59 Å². The number of nitrogens with one attached hydrogen (secondary N) is 1. The molecule has 0 fully saturated rings. The van der Waals surface area contributed by atoms with E-state index in [1.165, 1.54) is 7.11 Å². The summed E-state index contributed by atoms with van der Waals surface area (Å²) in [6.07, 6.45) is 2.26. The largest absolute Gasteiger partial charge is 0.496 e. The molecular weight excluding hydrogens is 286 g/mol. The Morgan fingerprint density at radius 2 is 2.14 bits per heavy atom. The van der Waals surface area contributed by atoms with Crippen LogP contribution in [-0.4, -0.2) is 42.7 Å². The minimum Gasteiger partial charge on any atom is -0.496 e. The predicted molar refractivity (Wildman–Crippen MR) is 81.8 cm³/mol. The molecule has 1 aliphatic carbocycles. The minimum absolute atomic E-state index is 0.105. The molecule has 0 aliphatic heterocycles. The third kappa shape index (κ3) is 3.50. The smallest absolute Gasteiger partial charge is 0.310 e. The fourth-order valence-electron chi connectivity index (χ4n) is 2.16. The van der Waals surface area contributed by atoms with Crippen molar-refractivity contribution in [2.24, 2.45) is 5.92 Å². The molecule has 1 rings (SSSR count). The molecule has 124 valence electrons. The van der Waals surface area contributed by atoms with Crippen LogP contribution in [0.5, 0.6) is 0 Å². The van der Waals surface area contributed by atoms with Crippen LogP contribution < -0.4 is 5.32 Å². The average molecular weight is 311 g/mol. The first kappa shape index (κ1) is 18.2. The first-order chi connectivity index (χ1) is 10.3. The zero-order chi connectivity index (χ0) is 16.9. The van der Waals surface area contributed by atoms with Gasteiger partial charge in [-0.05, 0) is 20.3 Å². The number of ether oxygens (including phenoxy) is 2. The summed E-state index contributed by atoms with van der Waals surface area (Å²) in [5.74, 6) is -0.632. The number of carbonyl (C=O) groups excluding carboxylic acids is 2. The van der Waals surface area contributed by atoms with Crippen molar-refractivity contribution >= 4 is 11.8 Å². The third-order valence-electron chi connectivity index (χ3n) is 3.90. The topological polar surface area (TPSA) is 84.9 Å². The highest BCUT2D eigenvalue weighted by molar-refractivity contribution is 6.06. The minimum atomic E-state index is -1.43. The Balaban J connectivity index is 3.18. The Hall–Kier alpha value is -1.82. The number of methoxy groups -OCH3 is 1. The number of hydrogen-bond acceptors (Lipinski definition) is 6. The average Bonchev–Trinajstić information content (AvgIpc) is 2.51. The van der Waals surface area contributed by atoms with Crippen molar-refractivity contribution < 1.29 is 24.2 Å². The van der Waals surface area contributed by atoms with Gasteiger partial charge in [-0.1, -0.05) is 13.8 Å². The van der Waals surface area contributed by atoms with Crippen molar-refractivity contribution in [1.29, 1.82) is 0 Å². The number of allylic oxidation sites excluding steroid dienone is 1. The maximum absolute atomic E-state index is 12.7. The summed E-state index contributed by atoms with van der Waals surface area (Å²) in [7, 11) is 1.47. The summed E-state index contributed by atoms with van der Waals surface area (Å²) < 4.78 is 10.7. The van der Waals surface area contributed by atoms with E-state index in [1.54, 1.807) is 26.8 Å². The van der Waals surface area contributed by atoms with Crippen molar-refractivity contribution in [1.82, 2.24) is 5.32 Å². The Morgan fingerprint density at radius 1 is 1.50 bits per heavy atom. The number of aliphatic hydroxyl groups is 1. The molecule has 0 amide bonds. The maximum Gasteiger partial charge on any atom is 0.310 e. The fraction of sp³-hybridized carbons (Fsp3) is 0.625. The summed E-state index contributed by atoms with van der Waals surface area (Å²) in [6.45, 7) is 6.97. The fourth-order valence-corrected chi connectivity index (χ4v) is 2.16. The Kier molecular flexibility index (Phi) is 6.17. The van der Waals surface area contributed by atoms with Crippen LogP contribution in [0.2, 0.25) is 0 Å². The molecule has 6 heteroatoms. The highest BCUT2D eigenvalue weighted by atomic mass is 16.6. The molecule has 0 saturated heterocycles. The number of esters is 1. The molecule has 0 bridgehead atoms. The lowest BCUT2D eigenvalue weighted by atomic mass is 9.86. The highest BCUT2D eigenvalue weighted by Crippen LogP contribution is 2.32. The second-order valence-corrected chi connectivity index (χ2v) is 5.49. The van der Waals surface area contributed by atoms with Crippen LogP contribution >= 0.6 is 0 Å². The second kappa shape index (κ2) is 7.45. The van der Waals surface area contributed by atoms with E-state index in [0.29, 0.717) is 23.5 Å². The van der Waals surface area contributed by atoms with Gasteiger partial charge in [0.2, 0.25) is 11.4 Å². The molecular formula is C16H25NO5. The van der Waals surface area contributed by atoms with Crippen LogP contribution in [0.1, 0.15) is 34.1 Å². The van der Waals surface area contributed by atoms with Crippen molar-refractivity contribution in [3.8, 4) is 0 Å². The molecule has 2 N–H and O–H groups in total. The Morgan fingerprint density at radius 3 is 2.64 bits per heavy atom. The molecule has 0 aromatic rings. The summed E-state index contributed by atoms with van der Waals surface area (Å²) in [4.78, 5) is 24.8. The molecule has 0 heterocycles. The lowest BCUT2D eigenvalue weighted by molar-refractivity contribution is -0.165. The quantitative estimate of drug-likeness (QED) is 0.690. The van der Waals surface area contributed by atoms with Gasteiger partial charge in [0.1, 0.15) is 5.76 Å².